The summed E-state index contributed by atoms with van der Waals surface area (Å²) in [5.74, 6) is 0.502. The van der Waals surface area contributed by atoms with E-state index in [-0.39, 0.29) is 17.9 Å². The number of carbonyl (C=O) groups is 1. The van der Waals surface area contributed by atoms with Gasteiger partial charge in [0.05, 0.1) is 11.5 Å². The highest BCUT2D eigenvalue weighted by molar-refractivity contribution is 5.76. The van der Waals surface area contributed by atoms with Crippen LogP contribution in [0.15, 0.2) is 24.5 Å². The Hall–Kier alpha value is -3.23. The molecule has 2 aromatic rings. The third kappa shape index (κ3) is 5.48. The van der Waals surface area contributed by atoms with Crippen LogP contribution in [0.25, 0.3) is 11.1 Å². The number of benzene rings is 1. The lowest BCUT2D eigenvalue weighted by Crippen LogP contribution is -2.46. The van der Waals surface area contributed by atoms with Gasteiger partial charge >= 0.3 is 6.09 Å². The highest BCUT2D eigenvalue weighted by atomic mass is 16.6. The van der Waals surface area contributed by atoms with Crippen molar-refractivity contribution in [3.8, 4) is 16.9 Å². The normalized spacial score (nSPS) is 16.7. The number of piperidine rings is 1. The third-order valence-corrected chi connectivity index (χ3v) is 4.99. The van der Waals surface area contributed by atoms with Gasteiger partial charge in [-0.2, -0.15) is 0 Å². The summed E-state index contributed by atoms with van der Waals surface area (Å²) in [6.07, 6.45) is 2.38. The molecule has 0 spiro atoms. The van der Waals surface area contributed by atoms with E-state index in [0.29, 0.717) is 41.4 Å². The summed E-state index contributed by atoms with van der Waals surface area (Å²) < 4.78 is 11.8. The van der Waals surface area contributed by atoms with E-state index < -0.39 is 10.5 Å². The van der Waals surface area contributed by atoms with E-state index in [4.69, 9.17) is 9.47 Å². The van der Waals surface area contributed by atoms with Crippen molar-refractivity contribution in [2.75, 3.05) is 13.1 Å². The van der Waals surface area contributed by atoms with E-state index in [1.807, 2.05) is 34.6 Å². The van der Waals surface area contributed by atoms with Crippen molar-refractivity contribution in [1.82, 2.24) is 14.9 Å². The number of ether oxygens (including phenoxy) is 2. The van der Waals surface area contributed by atoms with Crippen LogP contribution in [0.1, 0.15) is 45.0 Å². The van der Waals surface area contributed by atoms with Gasteiger partial charge in [0.1, 0.15) is 23.8 Å². The molecule has 1 aliphatic heterocycles. The standard InChI is InChI=1S/C22H28N4O5/c1-14-20(15(2)24-13-23-14)18-11-16(26(28)29)8-9-19(18)30-17-7-6-10-25(12-17)21(27)31-22(3,4)5/h8-9,11,13,17H,6-7,10,12H2,1-5H3/t17-/m1/s1. The van der Waals surface area contributed by atoms with Crippen LogP contribution in [0.4, 0.5) is 10.5 Å². The Morgan fingerprint density at radius 3 is 2.52 bits per heavy atom. The fraction of sp³-hybridized carbons (Fsp3) is 0.500. The number of aromatic nitrogens is 2. The molecule has 9 heteroatoms. The summed E-state index contributed by atoms with van der Waals surface area (Å²) in [6, 6.07) is 4.51. The molecule has 0 saturated carbocycles. The van der Waals surface area contributed by atoms with E-state index in [2.05, 4.69) is 9.97 Å². The van der Waals surface area contributed by atoms with Gasteiger partial charge in [0.15, 0.2) is 0 Å². The maximum Gasteiger partial charge on any atom is 0.410 e. The second-order valence-electron chi connectivity index (χ2n) is 8.67. The minimum Gasteiger partial charge on any atom is -0.488 e. The molecular formula is C22H28N4O5. The summed E-state index contributed by atoms with van der Waals surface area (Å²) >= 11 is 0. The Kier molecular flexibility index (Phi) is 6.42. The molecule has 3 rings (SSSR count). The molecule has 1 aliphatic rings. The van der Waals surface area contributed by atoms with Crippen molar-refractivity contribution in [2.24, 2.45) is 0 Å². The number of nitro groups is 1. The maximum atomic E-state index is 12.5. The Balaban J connectivity index is 1.89. The minimum atomic E-state index is -0.571. The Morgan fingerprint density at radius 2 is 1.90 bits per heavy atom. The van der Waals surface area contributed by atoms with Crippen molar-refractivity contribution in [1.29, 1.82) is 0 Å². The molecule has 166 valence electrons. The lowest BCUT2D eigenvalue weighted by atomic mass is 10.0. The monoisotopic (exact) mass is 428 g/mol. The molecule has 1 amide bonds. The molecule has 0 unspecified atom stereocenters. The number of carbonyl (C=O) groups excluding carboxylic acids is 1. The van der Waals surface area contributed by atoms with Crippen molar-refractivity contribution in [2.45, 2.75) is 59.2 Å². The molecule has 1 atom stereocenters. The predicted molar refractivity (Wildman–Crippen MR) is 115 cm³/mol. The van der Waals surface area contributed by atoms with Gasteiger partial charge in [-0.1, -0.05) is 0 Å². The number of rotatable bonds is 4. The van der Waals surface area contributed by atoms with Gasteiger partial charge in [0.2, 0.25) is 0 Å². The van der Waals surface area contributed by atoms with Crippen molar-refractivity contribution in [3.05, 3.63) is 46.0 Å². The quantitative estimate of drug-likeness (QED) is 0.523. The largest absolute Gasteiger partial charge is 0.488 e. The van der Waals surface area contributed by atoms with Gasteiger partial charge in [-0.15, -0.1) is 0 Å². The van der Waals surface area contributed by atoms with Gasteiger partial charge in [0, 0.05) is 41.2 Å². The van der Waals surface area contributed by atoms with E-state index in [1.165, 1.54) is 18.5 Å². The number of hydrogen-bond donors (Lipinski definition) is 0. The van der Waals surface area contributed by atoms with Gasteiger partial charge < -0.3 is 14.4 Å². The van der Waals surface area contributed by atoms with E-state index in [1.54, 1.807) is 11.0 Å². The van der Waals surface area contributed by atoms with Gasteiger partial charge in [-0.3, -0.25) is 10.1 Å². The summed E-state index contributed by atoms with van der Waals surface area (Å²) in [5, 5.41) is 11.4. The van der Waals surface area contributed by atoms with Crippen LogP contribution >= 0.6 is 0 Å². The SMILES string of the molecule is Cc1ncnc(C)c1-c1cc([N+](=O)[O-])ccc1O[C@@H]1CCCN(C(=O)OC(C)(C)C)C1. The van der Waals surface area contributed by atoms with Crippen LogP contribution in [0.2, 0.25) is 0 Å². The number of non-ortho nitro benzene ring substituents is 1. The lowest BCUT2D eigenvalue weighted by molar-refractivity contribution is -0.384. The molecule has 0 N–H and O–H groups in total. The molecule has 9 nitrogen and oxygen atoms in total. The second kappa shape index (κ2) is 8.87. The van der Waals surface area contributed by atoms with E-state index in [0.717, 1.165) is 12.8 Å². The molecule has 1 aromatic carbocycles. The molecule has 0 aliphatic carbocycles. The first-order chi connectivity index (χ1) is 14.5. The average molecular weight is 428 g/mol. The molecule has 1 aromatic heterocycles. The highest BCUT2D eigenvalue weighted by Crippen LogP contribution is 2.37. The average Bonchev–Trinajstić information content (AvgIpc) is 2.67. The number of amides is 1. The first-order valence-electron chi connectivity index (χ1n) is 10.3. The number of aryl methyl sites for hydroxylation is 2. The Labute approximate surface area is 181 Å². The van der Waals surface area contributed by atoms with Crippen LogP contribution in [-0.2, 0) is 4.74 Å². The number of nitro benzene ring substituents is 1. The highest BCUT2D eigenvalue weighted by Gasteiger charge is 2.29. The summed E-state index contributed by atoms with van der Waals surface area (Å²) in [4.78, 5) is 33.5. The van der Waals surface area contributed by atoms with Gasteiger partial charge in [0.25, 0.3) is 5.69 Å². The van der Waals surface area contributed by atoms with Gasteiger partial charge in [-0.05, 0) is 53.5 Å². The molecule has 1 fully saturated rings. The zero-order chi connectivity index (χ0) is 22.8. The zero-order valence-corrected chi connectivity index (χ0v) is 18.5. The molecule has 31 heavy (non-hydrogen) atoms. The van der Waals surface area contributed by atoms with Crippen LogP contribution < -0.4 is 4.74 Å². The molecule has 2 heterocycles. The summed E-state index contributed by atoms with van der Waals surface area (Å²) in [5.41, 5.74) is 2.08. The van der Waals surface area contributed by atoms with Crippen molar-refractivity contribution >= 4 is 11.8 Å². The van der Waals surface area contributed by atoms with E-state index in [9.17, 15) is 14.9 Å². The third-order valence-electron chi connectivity index (χ3n) is 4.99. The fourth-order valence-electron chi connectivity index (χ4n) is 3.62. The number of hydrogen-bond acceptors (Lipinski definition) is 7. The second-order valence-corrected chi connectivity index (χ2v) is 8.67. The first-order valence-corrected chi connectivity index (χ1v) is 10.3. The number of nitrogens with zero attached hydrogens (tertiary/aromatic N) is 4. The molecular weight excluding hydrogens is 400 g/mol. The summed E-state index contributed by atoms with van der Waals surface area (Å²) in [6.45, 7) is 10.1. The van der Waals surface area contributed by atoms with Crippen LogP contribution in [0.3, 0.4) is 0 Å². The first kappa shape index (κ1) is 22.5. The molecule has 0 bridgehead atoms. The predicted octanol–water partition coefficient (Wildman–Crippen LogP) is 4.45. The van der Waals surface area contributed by atoms with Gasteiger partial charge in [-0.25, -0.2) is 14.8 Å². The van der Waals surface area contributed by atoms with Crippen LogP contribution in [0.5, 0.6) is 5.75 Å². The van der Waals surface area contributed by atoms with Crippen LogP contribution in [-0.4, -0.2) is 50.7 Å². The van der Waals surface area contributed by atoms with Crippen LogP contribution in [0, 0.1) is 24.0 Å². The topological polar surface area (TPSA) is 108 Å². The smallest absolute Gasteiger partial charge is 0.410 e. The minimum absolute atomic E-state index is 0.0379. The van der Waals surface area contributed by atoms with Crippen molar-refractivity contribution in [3.63, 3.8) is 0 Å². The molecule has 1 saturated heterocycles. The van der Waals surface area contributed by atoms with Crippen molar-refractivity contribution < 1.29 is 19.2 Å². The number of likely N-dealkylation sites (tertiary alicyclic amines) is 1. The zero-order valence-electron chi connectivity index (χ0n) is 18.5. The summed E-state index contributed by atoms with van der Waals surface area (Å²) in [7, 11) is 0. The Bertz CT molecular complexity index is 966. The Morgan fingerprint density at radius 1 is 1.23 bits per heavy atom. The molecule has 0 radical (unpaired) electrons. The fourth-order valence-corrected chi connectivity index (χ4v) is 3.62. The van der Waals surface area contributed by atoms with E-state index >= 15 is 0 Å². The lowest BCUT2D eigenvalue weighted by Gasteiger charge is -2.34. The maximum absolute atomic E-state index is 12.5.